The summed E-state index contributed by atoms with van der Waals surface area (Å²) in [5, 5.41) is 8.81. The number of nitrogens with zero attached hydrogens (tertiary/aromatic N) is 3. The van der Waals surface area contributed by atoms with Crippen LogP contribution in [0.3, 0.4) is 0 Å². The maximum absolute atomic E-state index is 5.41. The summed E-state index contributed by atoms with van der Waals surface area (Å²) in [6.45, 7) is 0. The fourth-order valence-corrected chi connectivity index (χ4v) is 11.0. The van der Waals surface area contributed by atoms with Crippen LogP contribution in [0.4, 0.5) is 11.4 Å². The molecule has 0 amide bonds. The van der Waals surface area contributed by atoms with Crippen LogP contribution in [0.25, 0.3) is 99.5 Å². The Morgan fingerprint density at radius 3 is 1.01 bits per heavy atom. The van der Waals surface area contributed by atoms with Crippen LogP contribution >= 0.6 is 0 Å². The molecule has 4 nitrogen and oxygen atoms in total. The summed E-state index contributed by atoms with van der Waals surface area (Å²) in [4.78, 5) is 5.41. The largest absolute Gasteiger partial charge is 0.371 e. The molecule has 0 spiro atoms. The first-order valence-electron chi connectivity index (χ1n) is 24.7. The van der Waals surface area contributed by atoms with Gasteiger partial charge in [-0.2, -0.15) is 0 Å². The zero-order valence-corrected chi connectivity index (χ0v) is 39.3. The predicted molar refractivity (Wildman–Crippen MR) is 302 cm³/mol. The summed E-state index contributed by atoms with van der Waals surface area (Å²) in [6, 6.07) is 96.5. The van der Waals surface area contributed by atoms with Crippen molar-refractivity contribution in [2.24, 2.45) is 4.99 Å². The van der Waals surface area contributed by atoms with E-state index in [1.165, 1.54) is 88.1 Å². The molecule has 14 rings (SSSR count). The Hall–Kier alpha value is -9.51. The molecule has 1 N–H and O–H groups in total. The molecule has 0 saturated heterocycles. The van der Waals surface area contributed by atoms with Crippen molar-refractivity contribution >= 4 is 60.7 Å². The van der Waals surface area contributed by atoms with Gasteiger partial charge in [-0.05, 0) is 141 Å². The number of fused-ring (bicyclic) bond motifs is 7. The molecule has 13 aromatic rings. The number of anilines is 1. The zero-order valence-electron chi connectivity index (χ0n) is 39.3. The highest BCUT2D eigenvalue weighted by molar-refractivity contribution is 6.14. The van der Waals surface area contributed by atoms with Gasteiger partial charge in [-0.1, -0.05) is 182 Å². The molecular formula is C68H46N4. The van der Waals surface area contributed by atoms with Crippen LogP contribution in [-0.4, -0.2) is 14.8 Å². The van der Waals surface area contributed by atoms with E-state index in [2.05, 4.69) is 281 Å². The van der Waals surface area contributed by atoms with E-state index in [9.17, 15) is 0 Å². The third-order valence-electron chi connectivity index (χ3n) is 14.6. The van der Waals surface area contributed by atoms with Gasteiger partial charge in [-0.15, -0.1) is 0 Å². The van der Waals surface area contributed by atoms with Gasteiger partial charge in [0, 0.05) is 32.9 Å². The van der Waals surface area contributed by atoms with Crippen molar-refractivity contribution in [3.05, 3.63) is 278 Å². The number of hydrogen-bond donors (Lipinski definition) is 1. The van der Waals surface area contributed by atoms with E-state index < -0.39 is 0 Å². The monoisotopic (exact) mass is 918 g/mol. The second kappa shape index (κ2) is 17.2. The van der Waals surface area contributed by atoms with E-state index in [1.54, 1.807) is 0 Å². The average molecular weight is 919 g/mol. The fourth-order valence-electron chi connectivity index (χ4n) is 11.0. The standard InChI is InChI=1S/C68H46N4/c1-5-15-45(16-6-1)51-29-37-63-57(41-51)58-42-52(46-17-7-2-8-18-46)30-38-64(58)71(63)55-33-25-49(26-34-55)67-68(70-62-24-14-13-23-61(62)69-67)50-27-35-56(36-28-50)72-65-39-31-53(47-19-9-3-10-20-47)43-59(65)60-44-54(32-40-66(60)72)48-21-11-4-12-22-48/h1-44,67,69H. The van der Waals surface area contributed by atoms with Gasteiger partial charge in [0.05, 0.1) is 45.2 Å². The van der Waals surface area contributed by atoms with E-state index in [-0.39, 0.29) is 6.04 Å². The molecule has 2 aromatic heterocycles. The van der Waals surface area contributed by atoms with E-state index in [0.717, 1.165) is 39.6 Å². The predicted octanol–water partition coefficient (Wildman–Crippen LogP) is 17.8. The van der Waals surface area contributed by atoms with Crippen LogP contribution in [0.1, 0.15) is 17.2 Å². The van der Waals surface area contributed by atoms with Crippen LogP contribution in [0, 0.1) is 0 Å². The zero-order chi connectivity index (χ0) is 47.5. The Morgan fingerprint density at radius 2 is 0.625 bits per heavy atom. The smallest absolute Gasteiger partial charge is 0.0947 e. The Kier molecular flexibility index (Phi) is 9.88. The average Bonchev–Trinajstić information content (AvgIpc) is 3.97. The molecule has 338 valence electrons. The molecule has 0 aliphatic carbocycles. The summed E-state index contributed by atoms with van der Waals surface area (Å²) >= 11 is 0. The van der Waals surface area contributed by atoms with Crippen LogP contribution in [0.2, 0.25) is 0 Å². The first-order valence-corrected chi connectivity index (χ1v) is 24.7. The van der Waals surface area contributed by atoms with Gasteiger partial charge in [0.1, 0.15) is 0 Å². The number of benzene rings is 11. The van der Waals surface area contributed by atoms with Crippen LogP contribution in [0.5, 0.6) is 0 Å². The topological polar surface area (TPSA) is 34.2 Å². The molecule has 1 unspecified atom stereocenters. The lowest BCUT2D eigenvalue weighted by Crippen LogP contribution is -2.25. The van der Waals surface area contributed by atoms with Crippen molar-refractivity contribution in [3.63, 3.8) is 0 Å². The molecule has 0 radical (unpaired) electrons. The summed E-state index contributed by atoms with van der Waals surface area (Å²) in [7, 11) is 0. The van der Waals surface area contributed by atoms with E-state index in [0.29, 0.717) is 0 Å². The lowest BCUT2D eigenvalue weighted by Gasteiger charge is -2.28. The highest BCUT2D eigenvalue weighted by Crippen LogP contribution is 2.42. The lowest BCUT2D eigenvalue weighted by atomic mass is 9.94. The van der Waals surface area contributed by atoms with Crippen molar-refractivity contribution < 1.29 is 0 Å². The summed E-state index contributed by atoms with van der Waals surface area (Å²) in [6.07, 6.45) is 0. The minimum absolute atomic E-state index is 0.180. The maximum Gasteiger partial charge on any atom is 0.0947 e. The van der Waals surface area contributed by atoms with E-state index >= 15 is 0 Å². The normalized spacial score (nSPS) is 13.3. The molecule has 3 heterocycles. The van der Waals surface area contributed by atoms with Gasteiger partial charge in [-0.25, -0.2) is 4.99 Å². The van der Waals surface area contributed by atoms with E-state index in [1.807, 2.05) is 0 Å². The Balaban J connectivity index is 0.851. The minimum atomic E-state index is -0.180. The maximum atomic E-state index is 5.41. The fraction of sp³-hybridized carbons (Fsp3) is 0.0147. The number of aromatic nitrogens is 2. The molecule has 1 aliphatic heterocycles. The summed E-state index contributed by atoms with van der Waals surface area (Å²) in [5.41, 5.74) is 21.7. The molecule has 72 heavy (non-hydrogen) atoms. The molecule has 4 heteroatoms. The Bertz CT molecular complexity index is 4000. The third-order valence-corrected chi connectivity index (χ3v) is 14.6. The van der Waals surface area contributed by atoms with Crippen molar-refractivity contribution in [3.8, 4) is 55.9 Å². The van der Waals surface area contributed by atoms with Gasteiger partial charge in [0.2, 0.25) is 0 Å². The van der Waals surface area contributed by atoms with E-state index in [4.69, 9.17) is 4.99 Å². The van der Waals surface area contributed by atoms with Gasteiger partial charge in [-0.3, -0.25) is 0 Å². The van der Waals surface area contributed by atoms with Crippen LogP contribution < -0.4 is 5.32 Å². The second-order valence-corrected chi connectivity index (χ2v) is 18.8. The molecular weight excluding hydrogens is 873 g/mol. The number of para-hydroxylation sites is 2. The van der Waals surface area contributed by atoms with Gasteiger partial charge in [0.25, 0.3) is 0 Å². The number of aliphatic imine (C=N–C) groups is 1. The van der Waals surface area contributed by atoms with Gasteiger partial charge < -0.3 is 14.5 Å². The highest BCUT2D eigenvalue weighted by atomic mass is 15.0. The Morgan fingerprint density at radius 1 is 0.292 bits per heavy atom. The van der Waals surface area contributed by atoms with Gasteiger partial charge in [0.15, 0.2) is 0 Å². The van der Waals surface area contributed by atoms with Crippen molar-refractivity contribution in [2.75, 3.05) is 5.32 Å². The molecule has 1 aliphatic rings. The molecule has 1 atom stereocenters. The SMILES string of the molecule is c1ccc(-c2ccc3c(c2)c2cc(-c4ccccc4)ccc2n3-c2ccc(C3=Nc4ccccc4NC3c3ccc(-n4c5ccc(-c6ccccc6)cc5c5cc(-c6ccccc6)ccc54)cc3)cc2)cc1. The molecule has 0 fully saturated rings. The van der Waals surface area contributed by atoms with Crippen molar-refractivity contribution in [1.82, 2.24) is 9.13 Å². The second-order valence-electron chi connectivity index (χ2n) is 18.8. The van der Waals surface area contributed by atoms with Crippen molar-refractivity contribution in [1.29, 1.82) is 0 Å². The lowest BCUT2D eigenvalue weighted by molar-refractivity contribution is 1.01. The number of rotatable bonds is 8. The van der Waals surface area contributed by atoms with Gasteiger partial charge >= 0.3 is 0 Å². The first-order chi connectivity index (χ1) is 35.7. The van der Waals surface area contributed by atoms with Crippen LogP contribution in [-0.2, 0) is 0 Å². The molecule has 0 bridgehead atoms. The first kappa shape index (κ1) is 41.5. The number of hydrogen-bond acceptors (Lipinski definition) is 2. The van der Waals surface area contributed by atoms with Crippen molar-refractivity contribution in [2.45, 2.75) is 6.04 Å². The minimum Gasteiger partial charge on any atom is -0.371 e. The number of nitrogens with one attached hydrogen (secondary N) is 1. The highest BCUT2D eigenvalue weighted by Gasteiger charge is 2.26. The summed E-state index contributed by atoms with van der Waals surface area (Å²) in [5.74, 6) is 0. The molecule has 0 saturated carbocycles. The Labute approximate surface area is 418 Å². The third kappa shape index (κ3) is 7.11. The quantitative estimate of drug-likeness (QED) is 0.162. The summed E-state index contributed by atoms with van der Waals surface area (Å²) < 4.78 is 4.82. The molecule has 11 aromatic carbocycles. The van der Waals surface area contributed by atoms with Crippen LogP contribution in [0.15, 0.2) is 272 Å².